The van der Waals surface area contributed by atoms with E-state index < -0.39 is 0 Å². The van der Waals surface area contributed by atoms with Gasteiger partial charge in [-0.15, -0.1) is 5.10 Å². The molecule has 0 radical (unpaired) electrons. The van der Waals surface area contributed by atoms with Crippen molar-refractivity contribution in [3.8, 4) is 0 Å². The minimum Gasteiger partial charge on any atom is -0.447 e. The summed E-state index contributed by atoms with van der Waals surface area (Å²) in [5.41, 5.74) is 4.55. The van der Waals surface area contributed by atoms with Crippen molar-refractivity contribution in [1.82, 2.24) is 14.6 Å². The lowest BCUT2D eigenvalue weighted by Gasteiger charge is -2.30. The first kappa shape index (κ1) is 17.5. The minimum absolute atomic E-state index is 0.0186. The van der Waals surface area contributed by atoms with Crippen LogP contribution in [0.4, 0.5) is 15.6 Å². The number of fused-ring (bicyclic) bond motifs is 2. The average molecular weight is 398 g/mol. The zero-order valence-corrected chi connectivity index (χ0v) is 17.1. The predicted octanol–water partition coefficient (Wildman–Crippen LogP) is 3.61. The minimum atomic E-state index is -0.244. The Morgan fingerprint density at radius 2 is 2.07 bits per heavy atom. The number of benzene rings is 1. The van der Waals surface area contributed by atoms with Gasteiger partial charge in [-0.05, 0) is 23.6 Å². The molecule has 28 heavy (non-hydrogen) atoms. The van der Waals surface area contributed by atoms with Crippen LogP contribution in [0.25, 0.3) is 4.96 Å². The Morgan fingerprint density at radius 3 is 2.79 bits per heavy atom. The molecular formula is C20H23N5O2S. The number of imidazole rings is 1. The molecule has 0 unspecified atom stereocenters. The normalized spacial score (nSPS) is 17.3. The van der Waals surface area contributed by atoms with E-state index in [0.717, 1.165) is 41.0 Å². The lowest BCUT2D eigenvalue weighted by Crippen LogP contribution is -2.33. The highest BCUT2D eigenvalue weighted by atomic mass is 32.1. The van der Waals surface area contributed by atoms with Gasteiger partial charge in [0.05, 0.1) is 24.1 Å². The molecule has 1 amide bonds. The van der Waals surface area contributed by atoms with Gasteiger partial charge in [0.25, 0.3) is 0 Å². The molecule has 1 saturated heterocycles. The smallest absolute Gasteiger partial charge is 0.414 e. The molecule has 0 atom stereocenters. The zero-order chi connectivity index (χ0) is 19.5. The Hall–Kier alpha value is -2.61. The number of aromatic nitrogens is 3. The summed E-state index contributed by atoms with van der Waals surface area (Å²) in [6.07, 6.45) is 2.67. The van der Waals surface area contributed by atoms with Crippen LogP contribution in [0, 0.1) is 0 Å². The number of hydrogen-bond acceptors (Lipinski definition) is 6. The van der Waals surface area contributed by atoms with E-state index in [9.17, 15) is 4.79 Å². The summed E-state index contributed by atoms with van der Waals surface area (Å²) in [6.45, 7) is 9.23. The van der Waals surface area contributed by atoms with Gasteiger partial charge in [-0.2, -0.15) is 0 Å². The Labute approximate surface area is 167 Å². The molecule has 1 aromatic carbocycles. The molecule has 2 aromatic heterocycles. The number of ether oxygens (including phenoxy) is 1. The molecule has 3 aromatic rings. The highest BCUT2D eigenvalue weighted by molar-refractivity contribution is 7.20. The molecule has 0 spiro atoms. The number of carbonyl (C=O) groups is 1. The van der Waals surface area contributed by atoms with Crippen molar-refractivity contribution in [3.63, 3.8) is 0 Å². The van der Waals surface area contributed by atoms with E-state index in [1.165, 1.54) is 11.1 Å². The lowest BCUT2D eigenvalue weighted by molar-refractivity contribution is 0.181. The molecule has 1 fully saturated rings. The van der Waals surface area contributed by atoms with E-state index in [1.807, 2.05) is 22.8 Å². The molecule has 0 saturated carbocycles. The molecule has 0 aliphatic carbocycles. The van der Waals surface area contributed by atoms with Crippen molar-refractivity contribution < 1.29 is 9.53 Å². The Balaban J connectivity index is 1.42. The second-order valence-corrected chi connectivity index (χ2v) is 9.27. The fraction of sp³-hybridized carbons (Fsp3) is 0.450. The first-order valence-corrected chi connectivity index (χ1v) is 10.4. The van der Waals surface area contributed by atoms with Crippen molar-refractivity contribution in [2.24, 2.45) is 0 Å². The van der Waals surface area contributed by atoms with Gasteiger partial charge >= 0.3 is 6.09 Å². The van der Waals surface area contributed by atoms with Crippen molar-refractivity contribution in [1.29, 1.82) is 0 Å². The van der Waals surface area contributed by atoms with Gasteiger partial charge in [0.1, 0.15) is 6.61 Å². The monoisotopic (exact) mass is 397 g/mol. The maximum absolute atomic E-state index is 12.0. The third-order valence-electron chi connectivity index (χ3n) is 5.36. The molecule has 2 aliphatic rings. The van der Waals surface area contributed by atoms with Crippen molar-refractivity contribution in [2.45, 2.75) is 39.2 Å². The van der Waals surface area contributed by atoms with Gasteiger partial charge in [-0.1, -0.05) is 44.2 Å². The van der Waals surface area contributed by atoms with Gasteiger partial charge in [-0.3, -0.25) is 4.90 Å². The van der Waals surface area contributed by atoms with Crippen LogP contribution in [-0.2, 0) is 23.1 Å². The topological polar surface area (TPSA) is 63.0 Å². The van der Waals surface area contributed by atoms with Crippen LogP contribution in [0.5, 0.6) is 0 Å². The fourth-order valence-corrected chi connectivity index (χ4v) is 4.70. The molecular weight excluding hydrogens is 374 g/mol. The van der Waals surface area contributed by atoms with E-state index in [0.29, 0.717) is 13.2 Å². The Kier molecular flexibility index (Phi) is 3.87. The lowest BCUT2D eigenvalue weighted by atomic mass is 9.93. The third-order valence-corrected chi connectivity index (χ3v) is 6.35. The standard InChI is InChI=1S/C20H23N5O2S/c1-20(2,3)16-12-25-17(21-16)28-18(22-25)23-8-7-14-13(11-23)5-4-6-15(14)24-9-10-27-19(24)26/h4-6,12H,7-11H2,1-3H3. The molecule has 4 heterocycles. The summed E-state index contributed by atoms with van der Waals surface area (Å²) in [5, 5.41) is 5.76. The summed E-state index contributed by atoms with van der Waals surface area (Å²) < 4.78 is 7.01. The summed E-state index contributed by atoms with van der Waals surface area (Å²) in [6, 6.07) is 6.18. The SMILES string of the molecule is CC(C)(C)c1cn2nc(N3CCc4c(cccc4N4CCOC4=O)C3)sc2n1. The van der Waals surface area contributed by atoms with Gasteiger partial charge in [0.15, 0.2) is 0 Å². The van der Waals surface area contributed by atoms with Crippen LogP contribution < -0.4 is 9.80 Å². The van der Waals surface area contributed by atoms with Gasteiger partial charge in [0.2, 0.25) is 10.1 Å². The van der Waals surface area contributed by atoms with Crippen molar-refractivity contribution in [2.75, 3.05) is 29.5 Å². The summed E-state index contributed by atoms with van der Waals surface area (Å²) in [4.78, 5) is 21.7. The van der Waals surface area contributed by atoms with Crippen LogP contribution in [0.1, 0.15) is 37.6 Å². The summed E-state index contributed by atoms with van der Waals surface area (Å²) in [5.74, 6) is 0. The van der Waals surface area contributed by atoms with Gasteiger partial charge in [0, 0.05) is 18.5 Å². The van der Waals surface area contributed by atoms with Crippen molar-refractivity contribution >= 4 is 33.2 Å². The maximum atomic E-state index is 12.0. The molecule has 8 heteroatoms. The van der Waals surface area contributed by atoms with Crippen LogP contribution >= 0.6 is 11.3 Å². The number of nitrogens with zero attached hydrogens (tertiary/aromatic N) is 5. The van der Waals surface area contributed by atoms with E-state index >= 15 is 0 Å². The number of carbonyl (C=O) groups excluding carboxylic acids is 1. The highest BCUT2D eigenvalue weighted by Gasteiger charge is 2.29. The molecule has 146 valence electrons. The highest BCUT2D eigenvalue weighted by Crippen LogP contribution is 2.34. The summed E-state index contributed by atoms with van der Waals surface area (Å²) >= 11 is 1.63. The molecule has 0 N–H and O–H groups in total. The van der Waals surface area contributed by atoms with Crippen LogP contribution in [0.15, 0.2) is 24.4 Å². The molecule has 0 bridgehead atoms. The van der Waals surface area contributed by atoms with E-state index in [-0.39, 0.29) is 11.5 Å². The second-order valence-electron chi connectivity index (χ2n) is 8.34. The quantitative estimate of drug-likeness (QED) is 0.661. The predicted molar refractivity (Wildman–Crippen MR) is 109 cm³/mol. The first-order valence-electron chi connectivity index (χ1n) is 9.57. The fourth-order valence-electron chi connectivity index (χ4n) is 3.80. The second kappa shape index (κ2) is 6.20. The van der Waals surface area contributed by atoms with Crippen molar-refractivity contribution in [3.05, 3.63) is 41.2 Å². The number of hydrogen-bond donors (Lipinski definition) is 0. The third kappa shape index (κ3) is 2.83. The van der Waals surface area contributed by atoms with Crippen LogP contribution in [0.3, 0.4) is 0 Å². The molecule has 7 nitrogen and oxygen atoms in total. The van der Waals surface area contributed by atoms with Crippen LogP contribution in [-0.4, -0.2) is 40.4 Å². The van der Waals surface area contributed by atoms with Gasteiger partial charge in [-0.25, -0.2) is 14.3 Å². The first-order chi connectivity index (χ1) is 13.4. The Morgan fingerprint density at radius 1 is 1.21 bits per heavy atom. The van der Waals surface area contributed by atoms with Gasteiger partial charge < -0.3 is 9.64 Å². The van der Waals surface area contributed by atoms with Crippen LogP contribution in [0.2, 0.25) is 0 Å². The number of rotatable bonds is 2. The number of cyclic esters (lactones) is 1. The zero-order valence-electron chi connectivity index (χ0n) is 16.3. The number of amides is 1. The largest absolute Gasteiger partial charge is 0.447 e. The van der Waals surface area contributed by atoms with E-state index in [4.69, 9.17) is 14.8 Å². The number of anilines is 2. The Bertz CT molecular complexity index is 1030. The van der Waals surface area contributed by atoms with E-state index in [2.05, 4.69) is 31.7 Å². The molecule has 2 aliphatic heterocycles. The van der Waals surface area contributed by atoms with E-state index in [1.54, 1.807) is 16.2 Å². The summed E-state index contributed by atoms with van der Waals surface area (Å²) in [7, 11) is 0. The average Bonchev–Trinajstić information content (AvgIpc) is 3.34. The maximum Gasteiger partial charge on any atom is 0.414 e. The molecule has 5 rings (SSSR count).